The van der Waals surface area contributed by atoms with E-state index in [4.69, 9.17) is 0 Å². The van der Waals surface area contributed by atoms with Gasteiger partial charge in [0.15, 0.2) is 6.04 Å². The van der Waals surface area contributed by atoms with Crippen LogP contribution < -0.4 is 0 Å². The Morgan fingerprint density at radius 3 is 2.57 bits per heavy atom. The molecule has 4 heteroatoms. The fraction of sp³-hybridized carbons (Fsp3) is 0.667. The molecule has 0 spiro atoms. The number of hydrogen-bond acceptors (Lipinski definition) is 4. The van der Waals surface area contributed by atoms with Crippen molar-refractivity contribution in [1.29, 1.82) is 0 Å². The molecule has 1 saturated heterocycles. The van der Waals surface area contributed by atoms with E-state index in [0.29, 0.717) is 5.75 Å². The highest BCUT2D eigenvalue weighted by Crippen LogP contribution is 2.22. The minimum atomic E-state index is -0.523. The summed E-state index contributed by atoms with van der Waals surface area (Å²) < 4.78 is 0. The van der Waals surface area contributed by atoms with Gasteiger partial charge < -0.3 is 0 Å². The molecule has 1 fully saturated rings. The topological polar surface area (TPSA) is 46.5 Å². The minimum absolute atomic E-state index is 0.0880. The molecular weight excluding hydrogens is 114 g/mol. The molecule has 0 bridgehead atoms. The lowest BCUT2D eigenvalue weighted by atomic mass is 10.4. The Morgan fingerprint density at radius 2 is 2.57 bits per heavy atom. The average molecular weight is 117 g/mol. The van der Waals surface area contributed by atoms with Crippen LogP contribution in [0.25, 0.3) is 0 Å². The van der Waals surface area contributed by atoms with Gasteiger partial charge >= 0.3 is 0 Å². The first kappa shape index (κ1) is 4.77. The molecule has 0 radical (unpaired) electrons. The van der Waals surface area contributed by atoms with Gasteiger partial charge in [0.1, 0.15) is 0 Å². The van der Waals surface area contributed by atoms with E-state index >= 15 is 0 Å². The van der Waals surface area contributed by atoms with E-state index < -0.39 is 6.04 Å². The van der Waals surface area contributed by atoms with Crippen molar-refractivity contribution in [3.8, 4) is 0 Å². The maximum atomic E-state index is 10.1. The van der Waals surface area contributed by atoms with Crippen LogP contribution in [-0.2, 0) is 4.79 Å². The maximum absolute atomic E-state index is 10.1. The van der Waals surface area contributed by atoms with E-state index in [2.05, 4.69) is 5.18 Å². The van der Waals surface area contributed by atoms with Crippen molar-refractivity contribution in [3.63, 3.8) is 0 Å². The van der Waals surface area contributed by atoms with Gasteiger partial charge in [0.25, 0.3) is 0 Å². The number of hydrogen-bond donors (Lipinski definition) is 0. The monoisotopic (exact) mass is 117 g/mol. The Bertz CT molecular complexity index is 114. The van der Waals surface area contributed by atoms with Crippen LogP contribution in [0.15, 0.2) is 5.18 Å². The van der Waals surface area contributed by atoms with E-state index in [-0.39, 0.29) is 5.12 Å². The zero-order valence-corrected chi connectivity index (χ0v) is 4.27. The second kappa shape index (κ2) is 1.61. The molecule has 1 rings (SSSR count). The fourth-order valence-electron chi connectivity index (χ4n) is 0.299. The normalized spacial score (nSPS) is 29.1. The van der Waals surface area contributed by atoms with Crippen LogP contribution in [0.4, 0.5) is 0 Å². The molecule has 1 atom stereocenters. The standard InChI is InChI=1S/C3H3NO2S/c5-3-2(4-6)1-7-3/h2H,1H2. The number of rotatable bonds is 1. The number of carbonyl (C=O) groups is 1. The second-order valence-electron chi connectivity index (χ2n) is 1.25. The third-order valence-corrected chi connectivity index (χ3v) is 1.82. The van der Waals surface area contributed by atoms with Crippen molar-refractivity contribution in [3.05, 3.63) is 4.91 Å². The lowest BCUT2D eigenvalue weighted by Gasteiger charge is -2.13. The predicted octanol–water partition coefficient (Wildman–Crippen LogP) is 0.395. The van der Waals surface area contributed by atoms with Crippen molar-refractivity contribution in [2.24, 2.45) is 5.18 Å². The maximum Gasteiger partial charge on any atom is 0.218 e. The van der Waals surface area contributed by atoms with E-state index in [1.807, 2.05) is 0 Å². The van der Waals surface area contributed by atoms with Gasteiger partial charge in [0.2, 0.25) is 5.12 Å². The summed E-state index contributed by atoms with van der Waals surface area (Å²) in [6.07, 6.45) is 0. The van der Waals surface area contributed by atoms with Crippen LogP contribution in [0.5, 0.6) is 0 Å². The Kier molecular flexibility index (Phi) is 1.10. The van der Waals surface area contributed by atoms with Crippen molar-refractivity contribution in [2.45, 2.75) is 6.04 Å². The van der Waals surface area contributed by atoms with E-state index in [0.717, 1.165) is 11.8 Å². The third kappa shape index (κ3) is 0.653. The summed E-state index contributed by atoms with van der Waals surface area (Å²) >= 11 is 1.16. The quantitative estimate of drug-likeness (QED) is 0.467. The van der Waals surface area contributed by atoms with Crippen LogP contribution in [0.2, 0.25) is 0 Å². The molecular formula is C3H3NO2S. The highest BCUT2D eigenvalue weighted by atomic mass is 32.2. The van der Waals surface area contributed by atoms with Crippen molar-refractivity contribution in [1.82, 2.24) is 0 Å². The smallest absolute Gasteiger partial charge is 0.218 e. The molecule has 1 heterocycles. The van der Waals surface area contributed by atoms with Crippen LogP contribution >= 0.6 is 11.8 Å². The Labute approximate surface area is 44.4 Å². The first-order valence-electron chi connectivity index (χ1n) is 1.83. The van der Waals surface area contributed by atoms with E-state index in [9.17, 15) is 9.70 Å². The predicted molar refractivity (Wildman–Crippen MR) is 27.0 cm³/mol. The van der Waals surface area contributed by atoms with Crippen LogP contribution in [0.1, 0.15) is 0 Å². The van der Waals surface area contributed by atoms with Gasteiger partial charge in [0.05, 0.1) is 0 Å². The molecule has 7 heavy (non-hydrogen) atoms. The number of nitroso groups, excluding NO2 is 1. The summed E-state index contributed by atoms with van der Waals surface area (Å²) in [5.74, 6) is 0.586. The van der Waals surface area contributed by atoms with Gasteiger partial charge in [-0.05, 0) is 0 Å². The summed E-state index contributed by atoms with van der Waals surface area (Å²) in [6, 6.07) is -0.523. The van der Waals surface area contributed by atoms with Crippen LogP contribution in [-0.4, -0.2) is 16.9 Å². The van der Waals surface area contributed by atoms with Gasteiger partial charge in [-0.2, -0.15) is 0 Å². The zero-order chi connectivity index (χ0) is 5.28. The molecule has 0 aromatic rings. The number of nitrogens with zero attached hydrogens (tertiary/aromatic N) is 1. The first-order chi connectivity index (χ1) is 3.34. The Hall–Kier alpha value is -0.380. The molecule has 38 valence electrons. The molecule has 1 aliphatic heterocycles. The van der Waals surface area contributed by atoms with Gasteiger partial charge in [0, 0.05) is 5.75 Å². The van der Waals surface area contributed by atoms with Crippen LogP contribution in [0.3, 0.4) is 0 Å². The lowest BCUT2D eigenvalue weighted by Crippen LogP contribution is -2.28. The third-order valence-electron chi connectivity index (χ3n) is 0.783. The molecule has 1 unspecified atom stereocenters. The zero-order valence-electron chi connectivity index (χ0n) is 3.46. The summed E-state index contributed by atoms with van der Waals surface area (Å²) in [5.41, 5.74) is 0. The highest BCUT2D eigenvalue weighted by Gasteiger charge is 2.29. The Balaban J connectivity index is 2.43. The number of thioether (sulfide) groups is 1. The Morgan fingerprint density at radius 1 is 1.86 bits per heavy atom. The average Bonchev–Trinajstić information content (AvgIpc) is 1.65. The van der Waals surface area contributed by atoms with E-state index in [1.54, 1.807) is 0 Å². The van der Waals surface area contributed by atoms with Gasteiger partial charge in [-0.1, -0.05) is 16.9 Å². The van der Waals surface area contributed by atoms with Crippen LogP contribution in [0, 0.1) is 4.91 Å². The second-order valence-corrected chi connectivity index (χ2v) is 2.28. The molecule has 0 aromatic heterocycles. The lowest BCUT2D eigenvalue weighted by molar-refractivity contribution is -0.112. The first-order valence-corrected chi connectivity index (χ1v) is 2.82. The summed E-state index contributed by atoms with van der Waals surface area (Å²) in [7, 11) is 0. The van der Waals surface area contributed by atoms with Gasteiger partial charge in [-0.3, -0.25) is 4.79 Å². The largest absolute Gasteiger partial charge is 0.285 e. The molecule has 3 nitrogen and oxygen atoms in total. The molecule has 0 aliphatic carbocycles. The van der Waals surface area contributed by atoms with E-state index in [1.165, 1.54) is 0 Å². The molecule has 0 amide bonds. The molecule has 1 aliphatic rings. The molecule has 0 N–H and O–H groups in total. The summed E-state index contributed by atoms with van der Waals surface area (Å²) in [4.78, 5) is 19.6. The van der Waals surface area contributed by atoms with Crippen molar-refractivity contribution < 1.29 is 4.79 Å². The summed E-state index contributed by atoms with van der Waals surface area (Å²) in [5, 5.41) is 2.47. The van der Waals surface area contributed by atoms with Crippen molar-refractivity contribution >= 4 is 16.9 Å². The fourth-order valence-corrected chi connectivity index (χ4v) is 0.855. The SMILES string of the molecule is O=NC1CSC1=O. The minimum Gasteiger partial charge on any atom is -0.285 e. The molecule has 0 aromatic carbocycles. The number of carbonyl (C=O) groups excluding carboxylic acids is 1. The molecule has 0 saturated carbocycles. The summed E-state index contributed by atoms with van der Waals surface area (Å²) in [6.45, 7) is 0. The van der Waals surface area contributed by atoms with Gasteiger partial charge in [-0.15, -0.1) is 4.91 Å². The van der Waals surface area contributed by atoms with Gasteiger partial charge in [-0.25, -0.2) is 0 Å². The highest BCUT2D eigenvalue weighted by molar-refractivity contribution is 8.16. The van der Waals surface area contributed by atoms with Crippen molar-refractivity contribution in [2.75, 3.05) is 5.75 Å².